The van der Waals surface area contributed by atoms with Crippen LogP contribution in [0.25, 0.3) is 0 Å². The molecular formula is C14H19N3OS. The van der Waals surface area contributed by atoms with Crippen molar-refractivity contribution in [3.8, 4) is 0 Å². The summed E-state index contributed by atoms with van der Waals surface area (Å²) in [6.45, 7) is 2.09. The lowest BCUT2D eigenvalue weighted by Crippen LogP contribution is -2.31. The van der Waals surface area contributed by atoms with Gasteiger partial charge in [0.15, 0.2) is 0 Å². The van der Waals surface area contributed by atoms with Crippen molar-refractivity contribution >= 4 is 23.5 Å². The fourth-order valence-corrected chi connectivity index (χ4v) is 3.35. The highest BCUT2D eigenvalue weighted by Crippen LogP contribution is 2.58. The minimum atomic E-state index is 0.145. The molecule has 4 nitrogen and oxygen atoms in total. The predicted octanol–water partition coefficient (Wildman–Crippen LogP) is 2.13. The van der Waals surface area contributed by atoms with Crippen LogP contribution in [-0.4, -0.2) is 30.2 Å². The first-order valence-electron chi connectivity index (χ1n) is 6.75. The number of pyridine rings is 1. The van der Waals surface area contributed by atoms with Gasteiger partial charge in [0.2, 0.25) is 5.91 Å². The molecule has 2 aliphatic rings. The predicted molar refractivity (Wildman–Crippen MR) is 77.3 cm³/mol. The van der Waals surface area contributed by atoms with Crippen LogP contribution in [0.5, 0.6) is 0 Å². The normalized spacial score (nSPS) is 24.2. The van der Waals surface area contributed by atoms with Gasteiger partial charge in [-0.1, -0.05) is 0 Å². The molecule has 1 aliphatic carbocycles. The molecule has 1 saturated carbocycles. The molecule has 102 valence electrons. The van der Waals surface area contributed by atoms with Gasteiger partial charge in [0.25, 0.3) is 0 Å². The summed E-state index contributed by atoms with van der Waals surface area (Å²) < 4.78 is 0. The number of anilines is 1. The second-order valence-corrected chi connectivity index (χ2v) is 6.32. The van der Waals surface area contributed by atoms with Gasteiger partial charge in [0, 0.05) is 17.0 Å². The van der Waals surface area contributed by atoms with Gasteiger partial charge in [-0.25, -0.2) is 4.98 Å². The van der Waals surface area contributed by atoms with E-state index in [4.69, 9.17) is 0 Å². The Bertz CT molecular complexity index is 468. The molecule has 1 aliphatic heterocycles. The average molecular weight is 277 g/mol. The Morgan fingerprint density at radius 2 is 2.26 bits per heavy atom. The zero-order chi connectivity index (χ0) is 13.3. The Morgan fingerprint density at radius 1 is 1.47 bits per heavy atom. The first-order chi connectivity index (χ1) is 9.23. The average Bonchev–Trinajstić information content (AvgIpc) is 3.14. The number of rotatable bonds is 3. The number of hydrogen-bond acceptors (Lipinski definition) is 4. The van der Waals surface area contributed by atoms with E-state index in [0.717, 1.165) is 37.2 Å². The van der Waals surface area contributed by atoms with E-state index in [1.165, 1.54) is 0 Å². The smallest absolute Gasteiger partial charge is 0.229 e. The van der Waals surface area contributed by atoms with Crippen molar-refractivity contribution in [2.75, 3.05) is 24.7 Å². The van der Waals surface area contributed by atoms with Crippen molar-refractivity contribution in [1.82, 2.24) is 10.3 Å². The summed E-state index contributed by atoms with van der Waals surface area (Å²) in [7, 11) is 0. The highest BCUT2D eigenvalue weighted by atomic mass is 32.2. The van der Waals surface area contributed by atoms with Gasteiger partial charge in [0.1, 0.15) is 5.82 Å². The third-order valence-corrected chi connectivity index (χ3v) is 5.04. The Kier molecular flexibility index (Phi) is 3.50. The van der Waals surface area contributed by atoms with Gasteiger partial charge in [0.05, 0.1) is 0 Å². The number of hydrogen-bond donors (Lipinski definition) is 2. The molecule has 1 atom stereocenters. The van der Waals surface area contributed by atoms with Crippen molar-refractivity contribution in [2.45, 2.75) is 24.2 Å². The molecule has 1 spiro atoms. The van der Waals surface area contributed by atoms with Crippen molar-refractivity contribution < 1.29 is 4.79 Å². The molecule has 2 N–H and O–H groups in total. The second kappa shape index (κ2) is 5.13. The number of piperidine rings is 1. The lowest BCUT2D eigenvalue weighted by atomic mass is 9.92. The zero-order valence-corrected chi connectivity index (χ0v) is 11.9. The molecule has 0 radical (unpaired) electrons. The monoisotopic (exact) mass is 277 g/mol. The first kappa shape index (κ1) is 12.9. The van der Waals surface area contributed by atoms with Gasteiger partial charge < -0.3 is 10.6 Å². The molecule has 19 heavy (non-hydrogen) atoms. The minimum Gasteiger partial charge on any atom is -0.317 e. The van der Waals surface area contributed by atoms with Gasteiger partial charge >= 0.3 is 0 Å². The molecule has 1 aromatic heterocycles. The maximum atomic E-state index is 12.2. The topological polar surface area (TPSA) is 54.0 Å². The molecule has 2 heterocycles. The van der Waals surface area contributed by atoms with Crippen LogP contribution in [0.2, 0.25) is 0 Å². The van der Waals surface area contributed by atoms with Crippen molar-refractivity contribution in [1.29, 1.82) is 0 Å². The Hall–Kier alpha value is -1.07. The standard InChI is InChI=1S/C14H19N3OS/c1-19-10-2-3-12(16-9-10)17-13(18)11-8-14(11)4-6-15-7-5-14/h2-3,9,11,15H,4-8H2,1H3,(H,16,17,18). The van der Waals surface area contributed by atoms with E-state index in [1.54, 1.807) is 18.0 Å². The van der Waals surface area contributed by atoms with Crippen molar-refractivity contribution in [3.05, 3.63) is 18.3 Å². The number of thioether (sulfide) groups is 1. The second-order valence-electron chi connectivity index (χ2n) is 5.44. The number of nitrogens with zero attached hydrogens (tertiary/aromatic N) is 1. The maximum Gasteiger partial charge on any atom is 0.229 e. The highest BCUT2D eigenvalue weighted by molar-refractivity contribution is 7.98. The van der Waals surface area contributed by atoms with Crippen LogP contribution in [-0.2, 0) is 4.79 Å². The minimum absolute atomic E-state index is 0.145. The fourth-order valence-electron chi connectivity index (χ4n) is 2.98. The number of carbonyl (C=O) groups excluding carboxylic acids is 1. The molecule has 1 amide bonds. The third-order valence-electron chi connectivity index (χ3n) is 4.33. The van der Waals surface area contributed by atoms with Crippen molar-refractivity contribution in [3.63, 3.8) is 0 Å². The van der Waals surface area contributed by atoms with Crippen LogP contribution in [0.15, 0.2) is 23.2 Å². The molecule has 1 aromatic rings. The number of aromatic nitrogens is 1. The van der Waals surface area contributed by atoms with E-state index >= 15 is 0 Å². The summed E-state index contributed by atoms with van der Waals surface area (Å²) in [5, 5.41) is 6.30. The Morgan fingerprint density at radius 3 is 2.89 bits per heavy atom. The van der Waals surface area contributed by atoms with Crippen LogP contribution in [0.3, 0.4) is 0 Å². The van der Waals surface area contributed by atoms with Gasteiger partial charge in [-0.15, -0.1) is 11.8 Å². The molecule has 5 heteroatoms. The third kappa shape index (κ3) is 2.62. The quantitative estimate of drug-likeness (QED) is 0.831. The molecule has 0 bridgehead atoms. The number of nitrogens with one attached hydrogen (secondary N) is 2. The summed E-state index contributed by atoms with van der Waals surface area (Å²) in [6, 6.07) is 3.86. The van der Waals surface area contributed by atoms with Crippen LogP contribution < -0.4 is 10.6 Å². The van der Waals surface area contributed by atoms with Crippen LogP contribution in [0.4, 0.5) is 5.82 Å². The van der Waals surface area contributed by atoms with Crippen LogP contribution in [0, 0.1) is 11.3 Å². The summed E-state index contributed by atoms with van der Waals surface area (Å²) in [5.41, 5.74) is 0.286. The zero-order valence-electron chi connectivity index (χ0n) is 11.1. The number of carbonyl (C=O) groups is 1. The lowest BCUT2D eigenvalue weighted by molar-refractivity contribution is -0.118. The first-order valence-corrected chi connectivity index (χ1v) is 7.98. The summed E-state index contributed by atoms with van der Waals surface area (Å²) in [5.74, 6) is 1.00. The lowest BCUT2D eigenvalue weighted by Gasteiger charge is -2.23. The van der Waals surface area contributed by atoms with Crippen molar-refractivity contribution in [2.24, 2.45) is 11.3 Å². The summed E-state index contributed by atoms with van der Waals surface area (Å²) >= 11 is 1.65. The van der Waals surface area contributed by atoms with E-state index in [2.05, 4.69) is 15.6 Å². The summed E-state index contributed by atoms with van der Waals surface area (Å²) in [6.07, 6.45) is 7.12. The Labute approximate surface area is 117 Å². The van der Waals surface area contributed by atoms with Crippen LogP contribution >= 0.6 is 11.8 Å². The largest absolute Gasteiger partial charge is 0.317 e. The maximum absolute atomic E-state index is 12.2. The van der Waals surface area contributed by atoms with E-state index < -0.39 is 0 Å². The number of amides is 1. The van der Waals surface area contributed by atoms with E-state index in [9.17, 15) is 4.79 Å². The fraction of sp³-hybridized carbons (Fsp3) is 0.571. The van der Waals surface area contributed by atoms with Crippen LogP contribution in [0.1, 0.15) is 19.3 Å². The molecule has 0 aromatic carbocycles. The van der Waals surface area contributed by atoms with Gasteiger partial charge in [-0.3, -0.25) is 4.79 Å². The molecular weight excluding hydrogens is 258 g/mol. The van der Waals surface area contributed by atoms with Gasteiger partial charge in [-0.05, 0) is 56.2 Å². The molecule has 1 saturated heterocycles. The highest BCUT2D eigenvalue weighted by Gasteiger charge is 2.57. The SMILES string of the molecule is CSc1ccc(NC(=O)C2CC23CCNCC3)nc1. The molecule has 1 unspecified atom stereocenters. The van der Waals surface area contributed by atoms with E-state index in [0.29, 0.717) is 5.82 Å². The van der Waals surface area contributed by atoms with E-state index in [-0.39, 0.29) is 17.2 Å². The van der Waals surface area contributed by atoms with E-state index in [1.807, 2.05) is 18.4 Å². The summed E-state index contributed by atoms with van der Waals surface area (Å²) in [4.78, 5) is 17.6. The molecule has 2 fully saturated rings. The van der Waals surface area contributed by atoms with Gasteiger partial charge in [-0.2, -0.15) is 0 Å². The Balaban J connectivity index is 1.59. The molecule has 3 rings (SSSR count).